The zero-order valence-corrected chi connectivity index (χ0v) is 17.3. The number of carbonyl (C=O) groups excluding carboxylic acids is 3. The number of nitrogens with one attached hydrogen (secondary N) is 1. The highest BCUT2D eigenvalue weighted by Gasteiger charge is 2.34. The summed E-state index contributed by atoms with van der Waals surface area (Å²) in [6, 6.07) is 6.75. The van der Waals surface area contributed by atoms with Gasteiger partial charge in [-0.25, -0.2) is 0 Å². The molecule has 1 aliphatic heterocycles. The van der Waals surface area contributed by atoms with Gasteiger partial charge in [-0.2, -0.15) is 0 Å². The Kier molecular flexibility index (Phi) is 10.6. The lowest BCUT2D eigenvalue weighted by atomic mass is 10.1. The average molecular weight is 436 g/mol. The molecule has 0 fully saturated rings. The first-order valence-corrected chi connectivity index (χ1v) is 10.2. The van der Waals surface area contributed by atoms with Crippen LogP contribution in [0.25, 0.3) is 0 Å². The fraction of sp³-hybridized carbons (Fsp3) is 0.524. The van der Waals surface area contributed by atoms with Crippen molar-refractivity contribution in [1.29, 1.82) is 0 Å². The Hall–Kier alpha value is -2.82. The van der Waals surface area contributed by atoms with Gasteiger partial charge < -0.3 is 24.6 Å². The van der Waals surface area contributed by atoms with Crippen LogP contribution in [0.2, 0.25) is 0 Å². The minimum Gasteiger partial charge on any atom is -0.481 e. The highest BCUT2D eigenvalue weighted by Crippen LogP contribution is 2.21. The average Bonchev–Trinajstić information content (AvgIpc) is 3.00. The molecular formula is C21H28N2O8. The van der Waals surface area contributed by atoms with E-state index in [0.29, 0.717) is 57.1 Å². The zero-order valence-electron chi connectivity index (χ0n) is 17.3. The summed E-state index contributed by atoms with van der Waals surface area (Å²) >= 11 is 0. The predicted molar refractivity (Wildman–Crippen MR) is 109 cm³/mol. The standard InChI is InChI=1S/C21H28N2O8/c24-18(6-7-19(25)26)22-8-3-10-29-12-14-31-15-13-30-11-9-23-20(27)16-4-1-2-5-17(16)21(23)28/h1-2,4-5H,3,6-15H2,(H,22,24)(H,25,26). The van der Waals surface area contributed by atoms with Crippen LogP contribution in [0.4, 0.5) is 0 Å². The number of nitrogens with zero attached hydrogens (tertiary/aromatic N) is 1. The van der Waals surface area contributed by atoms with Gasteiger partial charge in [0.25, 0.3) is 11.8 Å². The number of rotatable bonds is 16. The Labute approximate surface area is 180 Å². The number of amides is 3. The van der Waals surface area contributed by atoms with Crippen molar-refractivity contribution in [3.05, 3.63) is 35.4 Å². The Morgan fingerprint density at radius 3 is 1.97 bits per heavy atom. The SMILES string of the molecule is O=C(O)CCC(=O)NCCCOCCOCCOCCN1C(=O)c2ccccc2C1=O. The first-order valence-electron chi connectivity index (χ1n) is 10.2. The molecule has 0 saturated carbocycles. The number of benzene rings is 1. The molecule has 170 valence electrons. The molecular weight excluding hydrogens is 408 g/mol. The third-order valence-corrected chi connectivity index (χ3v) is 4.43. The molecule has 1 aromatic carbocycles. The number of carboxylic acids is 1. The number of carboxylic acid groups (broad SMARTS) is 1. The second-order valence-electron chi connectivity index (χ2n) is 6.74. The summed E-state index contributed by atoms with van der Waals surface area (Å²) in [5.41, 5.74) is 0.854. The molecule has 2 rings (SSSR count). The molecule has 0 unspecified atom stereocenters. The molecule has 0 radical (unpaired) electrons. The van der Waals surface area contributed by atoms with Crippen LogP contribution in [-0.2, 0) is 23.8 Å². The van der Waals surface area contributed by atoms with E-state index in [1.165, 1.54) is 4.90 Å². The molecule has 1 heterocycles. The van der Waals surface area contributed by atoms with Crippen LogP contribution in [0.15, 0.2) is 24.3 Å². The smallest absolute Gasteiger partial charge is 0.303 e. The third kappa shape index (κ3) is 8.44. The number of hydrogen-bond acceptors (Lipinski definition) is 7. The van der Waals surface area contributed by atoms with Crippen LogP contribution in [0, 0.1) is 0 Å². The lowest BCUT2D eigenvalue weighted by Gasteiger charge is -2.13. The molecule has 3 amide bonds. The summed E-state index contributed by atoms with van der Waals surface area (Å²) in [5, 5.41) is 11.1. The number of fused-ring (bicyclic) bond motifs is 1. The van der Waals surface area contributed by atoms with E-state index in [0.717, 1.165) is 0 Å². The van der Waals surface area contributed by atoms with Gasteiger partial charge in [0, 0.05) is 19.6 Å². The molecule has 0 bridgehead atoms. The monoisotopic (exact) mass is 436 g/mol. The van der Waals surface area contributed by atoms with E-state index < -0.39 is 5.97 Å². The number of carbonyl (C=O) groups is 4. The molecule has 10 nitrogen and oxygen atoms in total. The normalized spacial score (nSPS) is 12.8. The Bertz CT molecular complexity index is 733. The molecule has 0 saturated heterocycles. The van der Waals surface area contributed by atoms with Crippen molar-refractivity contribution in [1.82, 2.24) is 10.2 Å². The molecule has 1 aliphatic rings. The molecule has 0 spiro atoms. The first-order chi connectivity index (χ1) is 15.0. The first kappa shape index (κ1) is 24.4. The minimum atomic E-state index is -0.994. The van der Waals surface area contributed by atoms with Gasteiger partial charge in [0.15, 0.2) is 0 Å². The van der Waals surface area contributed by atoms with Crippen LogP contribution in [0.5, 0.6) is 0 Å². The quantitative estimate of drug-likeness (QED) is 0.286. The van der Waals surface area contributed by atoms with Crippen LogP contribution < -0.4 is 5.32 Å². The lowest BCUT2D eigenvalue weighted by molar-refractivity contribution is -0.138. The summed E-state index contributed by atoms with van der Waals surface area (Å²) < 4.78 is 16.2. The van der Waals surface area contributed by atoms with Crippen molar-refractivity contribution in [3.63, 3.8) is 0 Å². The van der Waals surface area contributed by atoms with E-state index in [1.807, 2.05) is 0 Å². The van der Waals surface area contributed by atoms with Gasteiger partial charge in [-0.15, -0.1) is 0 Å². The van der Waals surface area contributed by atoms with Gasteiger partial charge in [0.05, 0.1) is 57.1 Å². The number of aliphatic carboxylic acids is 1. The number of hydrogen-bond donors (Lipinski definition) is 2. The second-order valence-corrected chi connectivity index (χ2v) is 6.74. The maximum atomic E-state index is 12.2. The molecule has 0 atom stereocenters. The highest BCUT2D eigenvalue weighted by atomic mass is 16.5. The number of ether oxygens (including phenoxy) is 3. The lowest BCUT2D eigenvalue weighted by Crippen LogP contribution is -2.33. The van der Waals surface area contributed by atoms with Crippen LogP contribution >= 0.6 is 0 Å². The van der Waals surface area contributed by atoms with Gasteiger partial charge >= 0.3 is 5.97 Å². The molecule has 0 aromatic heterocycles. The van der Waals surface area contributed by atoms with Crippen LogP contribution in [0.1, 0.15) is 40.0 Å². The predicted octanol–water partition coefficient (Wildman–Crippen LogP) is 0.704. The van der Waals surface area contributed by atoms with Gasteiger partial charge in [0.2, 0.25) is 5.91 Å². The van der Waals surface area contributed by atoms with E-state index in [2.05, 4.69) is 5.32 Å². The summed E-state index contributed by atoms with van der Waals surface area (Å²) in [4.78, 5) is 47.2. The van der Waals surface area contributed by atoms with Crippen molar-refractivity contribution in [2.45, 2.75) is 19.3 Å². The fourth-order valence-corrected chi connectivity index (χ4v) is 2.85. The van der Waals surface area contributed by atoms with Gasteiger partial charge in [-0.05, 0) is 18.6 Å². The Morgan fingerprint density at radius 2 is 1.39 bits per heavy atom. The van der Waals surface area contributed by atoms with Crippen molar-refractivity contribution in [3.8, 4) is 0 Å². The summed E-state index contributed by atoms with van der Waals surface area (Å²) in [6.07, 6.45) is 0.427. The minimum absolute atomic E-state index is 0.0234. The zero-order chi connectivity index (χ0) is 22.5. The van der Waals surface area contributed by atoms with Gasteiger partial charge in [-0.3, -0.25) is 24.1 Å². The van der Waals surface area contributed by atoms with E-state index >= 15 is 0 Å². The van der Waals surface area contributed by atoms with Crippen molar-refractivity contribution in [2.75, 3.05) is 52.7 Å². The van der Waals surface area contributed by atoms with Crippen molar-refractivity contribution in [2.24, 2.45) is 0 Å². The van der Waals surface area contributed by atoms with E-state index in [4.69, 9.17) is 19.3 Å². The molecule has 10 heteroatoms. The maximum absolute atomic E-state index is 12.2. The van der Waals surface area contributed by atoms with Crippen molar-refractivity contribution < 1.29 is 38.5 Å². The van der Waals surface area contributed by atoms with Crippen LogP contribution in [0.3, 0.4) is 0 Å². The van der Waals surface area contributed by atoms with Gasteiger partial charge in [0.1, 0.15) is 0 Å². The Morgan fingerprint density at radius 1 is 0.839 bits per heavy atom. The van der Waals surface area contributed by atoms with E-state index in [9.17, 15) is 19.2 Å². The largest absolute Gasteiger partial charge is 0.481 e. The number of imide groups is 1. The molecule has 0 aliphatic carbocycles. The Balaban J connectivity index is 1.38. The summed E-state index contributed by atoms with van der Waals surface area (Å²) in [6.45, 7) is 2.83. The fourth-order valence-electron chi connectivity index (χ4n) is 2.85. The molecule has 2 N–H and O–H groups in total. The topological polar surface area (TPSA) is 131 Å². The van der Waals surface area contributed by atoms with Crippen molar-refractivity contribution >= 4 is 23.7 Å². The summed E-state index contributed by atoms with van der Waals surface area (Å²) in [7, 11) is 0. The van der Waals surface area contributed by atoms with E-state index in [-0.39, 0.29) is 43.7 Å². The van der Waals surface area contributed by atoms with E-state index in [1.54, 1.807) is 24.3 Å². The maximum Gasteiger partial charge on any atom is 0.303 e. The highest BCUT2D eigenvalue weighted by molar-refractivity contribution is 6.21. The summed E-state index contributed by atoms with van der Waals surface area (Å²) in [5.74, 6) is -1.87. The van der Waals surface area contributed by atoms with Gasteiger partial charge in [-0.1, -0.05) is 12.1 Å². The second kappa shape index (κ2) is 13.5. The van der Waals surface area contributed by atoms with Crippen LogP contribution in [-0.4, -0.2) is 86.4 Å². The molecule has 31 heavy (non-hydrogen) atoms. The molecule has 1 aromatic rings. The third-order valence-electron chi connectivity index (χ3n) is 4.43.